The number of carbonyl (C=O) groups excluding carboxylic acids is 1. The molecule has 0 saturated carbocycles. The van der Waals surface area contributed by atoms with Crippen molar-refractivity contribution in [2.45, 2.75) is 19.9 Å². The first kappa shape index (κ1) is 15.4. The zero-order valence-corrected chi connectivity index (χ0v) is 13.3. The second kappa shape index (κ2) is 5.96. The molecule has 0 aliphatic heterocycles. The Kier molecular flexibility index (Phi) is 4.00. The number of rotatable bonds is 3. The Balaban J connectivity index is 2.09. The molecule has 0 fully saturated rings. The van der Waals surface area contributed by atoms with Crippen LogP contribution in [0.2, 0.25) is 5.02 Å². The molecule has 1 amide bonds. The molecule has 7 heteroatoms. The van der Waals surface area contributed by atoms with Gasteiger partial charge in [0.15, 0.2) is 5.65 Å². The lowest BCUT2D eigenvalue weighted by Gasteiger charge is -2.07. The summed E-state index contributed by atoms with van der Waals surface area (Å²) in [5.74, 6) is -0.698. The normalized spacial score (nSPS) is 11.2. The number of hydrogen-bond donors (Lipinski definition) is 2. The highest BCUT2D eigenvalue weighted by molar-refractivity contribution is 6.30. The molecule has 5 nitrogen and oxygen atoms in total. The number of nitrogens with one attached hydrogen (secondary N) is 2. The minimum absolute atomic E-state index is 0.00520. The monoisotopic (exact) mass is 332 g/mol. The number of amides is 1. The minimum Gasteiger partial charge on any atom is -0.350 e. The van der Waals surface area contributed by atoms with Crippen LogP contribution in [0.3, 0.4) is 0 Å². The van der Waals surface area contributed by atoms with Gasteiger partial charge in [-0.05, 0) is 32.0 Å². The van der Waals surface area contributed by atoms with Gasteiger partial charge in [0.05, 0.1) is 17.5 Å². The quantitative estimate of drug-likeness (QED) is 0.770. The average Bonchev–Trinajstić information content (AvgIpc) is 2.88. The van der Waals surface area contributed by atoms with Gasteiger partial charge in [0.25, 0.3) is 5.91 Å². The molecular weight excluding hydrogens is 319 g/mol. The van der Waals surface area contributed by atoms with Gasteiger partial charge in [-0.2, -0.15) is 0 Å². The molecule has 0 spiro atoms. The summed E-state index contributed by atoms with van der Waals surface area (Å²) in [7, 11) is 0. The second-order valence-electron chi connectivity index (χ2n) is 5.44. The van der Waals surface area contributed by atoms with Crippen molar-refractivity contribution >= 4 is 28.7 Å². The van der Waals surface area contributed by atoms with Gasteiger partial charge >= 0.3 is 0 Å². The van der Waals surface area contributed by atoms with Crippen LogP contribution in [0.4, 0.5) is 4.39 Å². The van der Waals surface area contributed by atoms with Crippen molar-refractivity contribution in [1.29, 1.82) is 0 Å². The zero-order valence-electron chi connectivity index (χ0n) is 12.5. The van der Waals surface area contributed by atoms with Gasteiger partial charge in [-0.3, -0.25) is 4.79 Å². The fourth-order valence-corrected chi connectivity index (χ4v) is 2.47. The van der Waals surface area contributed by atoms with E-state index in [0.717, 1.165) is 0 Å². The number of aromatic amines is 1. The fraction of sp³-hybridized carbons (Fsp3) is 0.188. The summed E-state index contributed by atoms with van der Waals surface area (Å²) in [6.07, 6.45) is 3.07. The SMILES string of the molecule is CC(C)NC(=O)c1c[nH]c2ncc(-c3cc(F)cc(Cl)c3)nc12. The minimum atomic E-state index is -0.457. The highest BCUT2D eigenvalue weighted by Crippen LogP contribution is 2.24. The summed E-state index contributed by atoms with van der Waals surface area (Å²) < 4.78 is 13.5. The molecule has 0 atom stereocenters. The van der Waals surface area contributed by atoms with Crippen molar-refractivity contribution in [3.05, 3.63) is 47.0 Å². The first-order chi connectivity index (χ1) is 10.9. The number of carbonyl (C=O) groups is 1. The zero-order chi connectivity index (χ0) is 16.6. The molecule has 1 aromatic carbocycles. The Hall–Kier alpha value is -2.47. The Bertz CT molecular complexity index is 871. The molecule has 0 aliphatic carbocycles. The van der Waals surface area contributed by atoms with E-state index >= 15 is 0 Å². The molecule has 3 aromatic rings. The summed E-state index contributed by atoms with van der Waals surface area (Å²) >= 11 is 5.88. The molecule has 0 radical (unpaired) electrons. The van der Waals surface area contributed by atoms with Crippen LogP contribution in [-0.2, 0) is 0 Å². The third-order valence-corrected chi connectivity index (χ3v) is 3.42. The van der Waals surface area contributed by atoms with Crippen LogP contribution in [0.25, 0.3) is 22.4 Å². The molecule has 2 N–H and O–H groups in total. The second-order valence-corrected chi connectivity index (χ2v) is 5.88. The highest BCUT2D eigenvalue weighted by Gasteiger charge is 2.16. The molecule has 2 heterocycles. The summed E-state index contributed by atoms with van der Waals surface area (Å²) in [6.45, 7) is 3.75. The first-order valence-electron chi connectivity index (χ1n) is 7.05. The molecule has 0 saturated heterocycles. The Labute approximate surface area is 136 Å². The Morgan fingerprint density at radius 2 is 2.13 bits per heavy atom. The number of fused-ring (bicyclic) bond motifs is 1. The van der Waals surface area contributed by atoms with E-state index in [1.165, 1.54) is 18.3 Å². The number of nitrogens with zero attached hydrogens (tertiary/aromatic N) is 2. The molecule has 2 aromatic heterocycles. The number of aromatic nitrogens is 3. The lowest BCUT2D eigenvalue weighted by atomic mass is 10.1. The summed E-state index contributed by atoms with van der Waals surface area (Å²) in [5.41, 5.74) is 2.26. The Morgan fingerprint density at radius 1 is 1.35 bits per heavy atom. The molecule has 0 unspecified atom stereocenters. The Morgan fingerprint density at radius 3 is 2.83 bits per heavy atom. The van der Waals surface area contributed by atoms with Gasteiger partial charge in [0, 0.05) is 22.8 Å². The molecule has 3 rings (SSSR count). The van der Waals surface area contributed by atoms with Crippen molar-refractivity contribution in [2.24, 2.45) is 0 Å². The molecule has 0 aliphatic rings. The van der Waals surface area contributed by atoms with Crippen LogP contribution in [0.1, 0.15) is 24.2 Å². The van der Waals surface area contributed by atoms with Crippen LogP contribution in [0.5, 0.6) is 0 Å². The van der Waals surface area contributed by atoms with Crippen LogP contribution in [0.15, 0.2) is 30.6 Å². The van der Waals surface area contributed by atoms with Gasteiger partial charge in [0.2, 0.25) is 0 Å². The van der Waals surface area contributed by atoms with Crippen LogP contribution in [-0.4, -0.2) is 26.9 Å². The fourth-order valence-electron chi connectivity index (χ4n) is 2.25. The van der Waals surface area contributed by atoms with E-state index < -0.39 is 5.82 Å². The van der Waals surface area contributed by atoms with Gasteiger partial charge in [-0.25, -0.2) is 14.4 Å². The van der Waals surface area contributed by atoms with Crippen LogP contribution < -0.4 is 5.32 Å². The van der Waals surface area contributed by atoms with E-state index in [2.05, 4.69) is 20.3 Å². The predicted octanol–water partition coefficient (Wildman–Crippen LogP) is 3.56. The number of halogens is 2. The van der Waals surface area contributed by atoms with E-state index in [0.29, 0.717) is 28.0 Å². The van der Waals surface area contributed by atoms with E-state index in [4.69, 9.17) is 11.6 Å². The summed E-state index contributed by atoms with van der Waals surface area (Å²) in [4.78, 5) is 23.8. The number of H-pyrrole nitrogens is 1. The van der Waals surface area contributed by atoms with Gasteiger partial charge in [-0.1, -0.05) is 11.6 Å². The first-order valence-corrected chi connectivity index (χ1v) is 7.43. The highest BCUT2D eigenvalue weighted by atomic mass is 35.5. The summed E-state index contributed by atoms with van der Waals surface area (Å²) in [6, 6.07) is 4.14. The largest absolute Gasteiger partial charge is 0.350 e. The topological polar surface area (TPSA) is 70.7 Å². The van der Waals surface area contributed by atoms with Crippen LogP contribution in [0, 0.1) is 5.82 Å². The van der Waals surface area contributed by atoms with E-state index in [1.807, 2.05) is 13.8 Å². The maximum Gasteiger partial charge on any atom is 0.255 e. The van der Waals surface area contributed by atoms with Gasteiger partial charge in [0.1, 0.15) is 11.3 Å². The molecular formula is C16H14ClFN4O. The molecule has 23 heavy (non-hydrogen) atoms. The van der Waals surface area contributed by atoms with E-state index in [-0.39, 0.29) is 17.0 Å². The predicted molar refractivity (Wildman–Crippen MR) is 86.9 cm³/mol. The van der Waals surface area contributed by atoms with Crippen molar-refractivity contribution in [1.82, 2.24) is 20.3 Å². The smallest absolute Gasteiger partial charge is 0.255 e. The van der Waals surface area contributed by atoms with E-state index in [1.54, 1.807) is 12.3 Å². The average molecular weight is 333 g/mol. The summed E-state index contributed by atoms with van der Waals surface area (Å²) in [5, 5.41) is 3.08. The van der Waals surface area contributed by atoms with Crippen molar-refractivity contribution in [2.75, 3.05) is 0 Å². The van der Waals surface area contributed by atoms with E-state index in [9.17, 15) is 9.18 Å². The van der Waals surface area contributed by atoms with Crippen molar-refractivity contribution in [3.63, 3.8) is 0 Å². The van der Waals surface area contributed by atoms with Crippen molar-refractivity contribution in [3.8, 4) is 11.3 Å². The lowest BCUT2D eigenvalue weighted by Crippen LogP contribution is -2.29. The maximum absolute atomic E-state index is 13.5. The van der Waals surface area contributed by atoms with Crippen LogP contribution >= 0.6 is 11.6 Å². The third-order valence-electron chi connectivity index (χ3n) is 3.20. The standard InChI is InChI=1S/C16H14ClFN4O/c1-8(2)21-16(23)12-6-19-15-14(12)22-13(7-20-15)9-3-10(17)5-11(18)4-9/h3-8H,1-2H3,(H,19,20)(H,21,23). The van der Waals surface area contributed by atoms with Gasteiger partial charge in [-0.15, -0.1) is 0 Å². The number of hydrogen-bond acceptors (Lipinski definition) is 3. The third kappa shape index (κ3) is 3.17. The molecule has 0 bridgehead atoms. The molecule has 118 valence electrons. The van der Waals surface area contributed by atoms with Gasteiger partial charge < -0.3 is 10.3 Å². The number of benzene rings is 1. The lowest BCUT2D eigenvalue weighted by molar-refractivity contribution is 0.0944. The van der Waals surface area contributed by atoms with Crippen molar-refractivity contribution < 1.29 is 9.18 Å². The maximum atomic E-state index is 13.5.